The van der Waals surface area contributed by atoms with Gasteiger partial charge in [-0.25, -0.2) is 8.42 Å². The maximum absolute atomic E-state index is 13.0. The van der Waals surface area contributed by atoms with Crippen LogP contribution in [-0.4, -0.2) is 45.4 Å². The van der Waals surface area contributed by atoms with Crippen molar-refractivity contribution < 1.29 is 22.7 Å². The number of ether oxygens (including phenoxy) is 2. The third-order valence-corrected chi connectivity index (χ3v) is 6.68. The number of sulfonamides is 1. The standard InChI is InChI=1S/C20H24N2O5S/c1-26-18-12-11-15(14-19(18)27-2)21-20(23)17-10-6-7-13-22(17)28(24,25)16-8-4-3-5-9-16/h3-5,8-9,11-12,14,17H,6-7,10,13H2,1-2H3,(H,21,23). The molecule has 150 valence electrons. The number of hydrogen-bond acceptors (Lipinski definition) is 5. The largest absolute Gasteiger partial charge is 0.493 e. The molecule has 1 amide bonds. The molecule has 0 bridgehead atoms. The first-order chi connectivity index (χ1) is 13.5. The number of methoxy groups -OCH3 is 2. The summed E-state index contributed by atoms with van der Waals surface area (Å²) in [6.45, 7) is 0.321. The summed E-state index contributed by atoms with van der Waals surface area (Å²) in [4.78, 5) is 13.1. The molecule has 1 heterocycles. The average molecular weight is 404 g/mol. The van der Waals surface area contributed by atoms with Crippen LogP contribution in [0, 0.1) is 0 Å². The van der Waals surface area contributed by atoms with Gasteiger partial charge in [-0.1, -0.05) is 24.6 Å². The van der Waals surface area contributed by atoms with Crippen molar-refractivity contribution in [2.45, 2.75) is 30.2 Å². The van der Waals surface area contributed by atoms with Gasteiger partial charge in [0, 0.05) is 18.3 Å². The zero-order valence-electron chi connectivity index (χ0n) is 15.9. The van der Waals surface area contributed by atoms with E-state index < -0.39 is 16.1 Å². The molecule has 2 aromatic carbocycles. The number of rotatable bonds is 6. The first-order valence-corrected chi connectivity index (χ1v) is 10.5. The first kappa shape index (κ1) is 20.2. The number of carbonyl (C=O) groups is 1. The summed E-state index contributed by atoms with van der Waals surface area (Å²) in [6.07, 6.45) is 2.00. The van der Waals surface area contributed by atoms with Crippen LogP contribution in [0.15, 0.2) is 53.4 Å². The number of piperidine rings is 1. The number of hydrogen-bond donors (Lipinski definition) is 1. The molecule has 2 aromatic rings. The van der Waals surface area contributed by atoms with Gasteiger partial charge in [0.05, 0.1) is 19.1 Å². The van der Waals surface area contributed by atoms with E-state index >= 15 is 0 Å². The van der Waals surface area contributed by atoms with Crippen molar-refractivity contribution in [3.05, 3.63) is 48.5 Å². The molecule has 0 saturated carbocycles. The van der Waals surface area contributed by atoms with E-state index in [1.165, 1.54) is 18.5 Å². The van der Waals surface area contributed by atoms with Gasteiger partial charge in [0.2, 0.25) is 15.9 Å². The van der Waals surface area contributed by atoms with E-state index in [2.05, 4.69) is 5.32 Å². The van der Waals surface area contributed by atoms with E-state index in [4.69, 9.17) is 9.47 Å². The van der Waals surface area contributed by atoms with Crippen LogP contribution in [0.3, 0.4) is 0 Å². The second-order valence-corrected chi connectivity index (χ2v) is 8.39. The molecule has 0 aliphatic carbocycles. The molecule has 1 aliphatic heterocycles. The molecule has 0 spiro atoms. The maximum atomic E-state index is 13.0. The van der Waals surface area contributed by atoms with Crippen LogP contribution in [0.5, 0.6) is 11.5 Å². The summed E-state index contributed by atoms with van der Waals surface area (Å²) >= 11 is 0. The molecule has 1 aliphatic rings. The molecule has 1 saturated heterocycles. The van der Waals surface area contributed by atoms with E-state index in [0.29, 0.717) is 30.2 Å². The molecule has 28 heavy (non-hydrogen) atoms. The highest BCUT2D eigenvalue weighted by Crippen LogP contribution is 2.31. The van der Waals surface area contributed by atoms with Crippen molar-refractivity contribution in [1.29, 1.82) is 0 Å². The number of carbonyl (C=O) groups excluding carboxylic acids is 1. The van der Waals surface area contributed by atoms with Crippen LogP contribution in [0.2, 0.25) is 0 Å². The fraction of sp³-hybridized carbons (Fsp3) is 0.350. The van der Waals surface area contributed by atoms with Gasteiger partial charge in [0.1, 0.15) is 6.04 Å². The third-order valence-electron chi connectivity index (χ3n) is 4.76. The normalized spacial score (nSPS) is 17.7. The molecule has 0 radical (unpaired) electrons. The van der Waals surface area contributed by atoms with Crippen LogP contribution >= 0.6 is 0 Å². The Morgan fingerprint density at radius 1 is 1.04 bits per heavy atom. The molecule has 0 aromatic heterocycles. The van der Waals surface area contributed by atoms with Crippen LogP contribution in [-0.2, 0) is 14.8 Å². The Morgan fingerprint density at radius 2 is 1.75 bits per heavy atom. The van der Waals surface area contributed by atoms with Crippen molar-refractivity contribution in [1.82, 2.24) is 4.31 Å². The summed E-state index contributed by atoms with van der Waals surface area (Å²) in [7, 11) is -0.699. The van der Waals surface area contributed by atoms with E-state index in [0.717, 1.165) is 12.8 Å². The lowest BCUT2D eigenvalue weighted by molar-refractivity contribution is -0.120. The van der Waals surface area contributed by atoms with Crippen molar-refractivity contribution >= 4 is 21.6 Å². The van der Waals surface area contributed by atoms with Crippen molar-refractivity contribution in [2.24, 2.45) is 0 Å². The van der Waals surface area contributed by atoms with E-state index in [1.807, 2.05) is 0 Å². The highest BCUT2D eigenvalue weighted by Gasteiger charge is 2.37. The molecule has 1 unspecified atom stereocenters. The SMILES string of the molecule is COc1ccc(NC(=O)C2CCCCN2S(=O)(=O)c2ccccc2)cc1OC. The number of nitrogens with one attached hydrogen (secondary N) is 1. The predicted molar refractivity (Wildman–Crippen MR) is 106 cm³/mol. The Hall–Kier alpha value is -2.58. The van der Waals surface area contributed by atoms with Gasteiger partial charge in [-0.2, -0.15) is 4.31 Å². The van der Waals surface area contributed by atoms with Gasteiger partial charge in [0.15, 0.2) is 11.5 Å². The minimum atomic E-state index is -3.74. The Bertz CT molecular complexity index is 931. The van der Waals surface area contributed by atoms with Crippen LogP contribution in [0.1, 0.15) is 19.3 Å². The Labute approximate surface area is 165 Å². The van der Waals surface area contributed by atoms with Gasteiger partial charge in [-0.05, 0) is 37.1 Å². The topological polar surface area (TPSA) is 84.9 Å². The number of benzene rings is 2. The highest BCUT2D eigenvalue weighted by molar-refractivity contribution is 7.89. The van der Waals surface area contributed by atoms with Gasteiger partial charge in [-0.3, -0.25) is 4.79 Å². The molecular weight excluding hydrogens is 380 g/mol. The fourth-order valence-corrected chi connectivity index (χ4v) is 5.00. The zero-order valence-corrected chi connectivity index (χ0v) is 16.7. The fourth-order valence-electron chi connectivity index (χ4n) is 3.32. The second kappa shape index (κ2) is 8.62. The smallest absolute Gasteiger partial charge is 0.243 e. The van der Waals surface area contributed by atoms with Crippen molar-refractivity contribution in [3.63, 3.8) is 0 Å². The molecule has 8 heteroatoms. The molecule has 1 fully saturated rings. The summed E-state index contributed by atoms with van der Waals surface area (Å²) in [6, 6.07) is 12.5. The van der Waals surface area contributed by atoms with Gasteiger partial charge >= 0.3 is 0 Å². The average Bonchev–Trinajstić information content (AvgIpc) is 2.74. The Kier molecular flexibility index (Phi) is 6.21. The van der Waals surface area contributed by atoms with Crippen LogP contribution in [0.4, 0.5) is 5.69 Å². The lowest BCUT2D eigenvalue weighted by Gasteiger charge is -2.33. The number of anilines is 1. The summed E-state index contributed by atoms with van der Waals surface area (Å²) in [5.41, 5.74) is 0.519. The summed E-state index contributed by atoms with van der Waals surface area (Å²) in [5, 5.41) is 2.81. The van der Waals surface area contributed by atoms with E-state index in [9.17, 15) is 13.2 Å². The highest BCUT2D eigenvalue weighted by atomic mass is 32.2. The summed E-state index contributed by atoms with van der Waals surface area (Å²) in [5.74, 6) is 0.676. The quantitative estimate of drug-likeness (QED) is 0.800. The zero-order chi connectivity index (χ0) is 20.1. The number of amides is 1. The Morgan fingerprint density at radius 3 is 2.43 bits per heavy atom. The number of nitrogens with zero attached hydrogens (tertiary/aromatic N) is 1. The minimum Gasteiger partial charge on any atom is -0.493 e. The van der Waals surface area contributed by atoms with Crippen LogP contribution in [0.25, 0.3) is 0 Å². The summed E-state index contributed by atoms with van der Waals surface area (Å²) < 4.78 is 37.9. The minimum absolute atomic E-state index is 0.195. The monoisotopic (exact) mass is 404 g/mol. The second-order valence-electron chi connectivity index (χ2n) is 6.50. The van der Waals surface area contributed by atoms with Gasteiger partial charge in [-0.15, -0.1) is 0 Å². The van der Waals surface area contributed by atoms with Gasteiger partial charge < -0.3 is 14.8 Å². The predicted octanol–water partition coefficient (Wildman–Crippen LogP) is 2.89. The van der Waals surface area contributed by atoms with Gasteiger partial charge in [0.25, 0.3) is 0 Å². The van der Waals surface area contributed by atoms with E-state index in [-0.39, 0.29) is 10.8 Å². The third kappa shape index (κ3) is 4.13. The molecule has 1 N–H and O–H groups in total. The van der Waals surface area contributed by atoms with Crippen molar-refractivity contribution in [2.75, 3.05) is 26.1 Å². The van der Waals surface area contributed by atoms with Crippen LogP contribution < -0.4 is 14.8 Å². The molecule has 3 rings (SSSR count). The molecule has 7 nitrogen and oxygen atoms in total. The molecular formula is C20H24N2O5S. The van der Waals surface area contributed by atoms with Crippen molar-refractivity contribution in [3.8, 4) is 11.5 Å². The maximum Gasteiger partial charge on any atom is 0.243 e. The molecule has 1 atom stereocenters. The van der Waals surface area contributed by atoms with E-state index in [1.54, 1.807) is 48.5 Å². The lowest BCUT2D eigenvalue weighted by atomic mass is 10.0. The Balaban J connectivity index is 1.83. The lowest BCUT2D eigenvalue weighted by Crippen LogP contribution is -2.49. The first-order valence-electron chi connectivity index (χ1n) is 9.07.